The zero-order valence-electron chi connectivity index (χ0n) is 19.5. The predicted octanol–water partition coefficient (Wildman–Crippen LogP) is 3.58. The lowest BCUT2D eigenvalue weighted by molar-refractivity contribution is 0.431. The number of nitrogens with two attached hydrogens (primary N) is 1. The van der Waals surface area contributed by atoms with Crippen molar-refractivity contribution in [3.63, 3.8) is 0 Å². The van der Waals surface area contributed by atoms with E-state index in [2.05, 4.69) is 6.92 Å². The lowest BCUT2D eigenvalue weighted by Crippen LogP contribution is -2.47. The third-order valence-corrected chi connectivity index (χ3v) is 6.74. The van der Waals surface area contributed by atoms with Crippen molar-refractivity contribution < 1.29 is 8.78 Å². The lowest BCUT2D eigenvalue weighted by Gasteiger charge is -2.33. The molecule has 1 aliphatic rings. The van der Waals surface area contributed by atoms with Crippen molar-refractivity contribution in [1.82, 2.24) is 9.13 Å². The molecule has 180 valence electrons. The van der Waals surface area contributed by atoms with Gasteiger partial charge in [-0.1, -0.05) is 43.3 Å². The molecule has 2 N–H and O–H groups in total. The van der Waals surface area contributed by atoms with Crippen LogP contribution in [0.15, 0.2) is 58.1 Å². The fourth-order valence-electron chi connectivity index (χ4n) is 4.57. The van der Waals surface area contributed by atoms with Crippen LogP contribution in [0, 0.1) is 24.5 Å². The SMILES string of the molecule is Cc1c(N2CCC(C)CC2)c(=O)n(C[C@H](N)c2ccccc2)c(=O)n1Cc1c(F)cccc1F. The molecule has 34 heavy (non-hydrogen) atoms. The maximum atomic E-state index is 14.5. The number of halogens is 2. The number of hydrogen-bond acceptors (Lipinski definition) is 4. The summed E-state index contributed by atoms with van der Waals surface area (Å²) >= 11 is 0. The van der Waals surface area contributed by atoms with Gasteiger partial charge in [-0.3, -0.25) is 13.9 Å². The number of nitrogens with zero attached hydrogens (tertiary/aromatic N) is 3. The van der Waals surface area contributed by atoms with Crippen molar-refractivity contribution >= 4 is 5.69 Å². The zero-order chi connectivity index (χ0) is 24.4. The first-order valence-corrected chi connectivity index (χ1v) is 11.6. The highest BCUT2D eigenvalue weighted by atomic mass is 19.1. The summed E-state index contributed by atoms with van der Waals surface area (Å²) in [5.41, 5.74) is 6.66. The first kappa shape index (κ1) is 23.9. The van der Waals surface area contributed by atoms with Crippen LogP contribution in [0.5, 0.6) is 0 Å². The molecule has 1 fully saturated rings. The molecule has 0 saturated carbocycles. The average molecular weight is 469 g/mol. The van der Waals surface area contributed by atoms with Crippen molar-refractivity contribution in [2.75, 3.05) is 18.0 Å². The van der Waals surface area contributed by atoms with Crippen LogP contribution in [0.3, 0.4) is 0 Å². The van der Waals surface area contributed by atoms with Gasteiger partial charge in [-0.2, -0.15) is 0 Å². The van der Waals surface area contributed by atoms with Gasteiger partial charge >= 0.3 is 5.69 Å². The third-order valence-electron chi connectivity index (χ3n) is 6.74. The molecule has 2 heterocycles. The van der Waals surface area contributed by atoms with Crippen molar-refractivity contribution in [1.29, 1.82) is 0 Å². The Morgan fingerprint density at radius 2 is 1.59 bits per heavy atom. The molecule has 4 rings (SSSR count). The van der Waals surface area contributed by atoms with Crippen LogP contribution in [-0.4, -0.2) is 22.2 Å². The van der Waals surface area contributed by atoms with Crippen LogP contribution in [0.2, 0.25) is 0 Å². The van der Waals surface area contributed by atoms with E-state index in [-0.39, 0.29) is 18.7 Å². The van der Waals surface area contributed by atoms with Gasteiger partial charge in [0.1, 0.15) is 17.3 Å². The number of piperidine rings is 1. The van der Waals surface area contributed by atoms with E-state index in [1.54, 1.807) is 6.92 Å². The second kappa shape index (κ2) is 9.93. The van der Waals surface area contributed by atoms with Crippen LogP contribution < -0.4 is 21.9 Å². The number of aromatic nitrogens is 2. The molecule has 1 aliphatic heterocycles. The summed E-state index contributed by atoms with van der Waals surface area (Å²) in [6.45, 7) is 4.82. The highest BCUT2D eigenvalue weighted by molar-refractivity contribution is 5.49. The van der Waals surface area contributed by atoms with E-state index < -0.39 is 28.9 Å². The van der Waals surface area contributed by atoms with Gasteiger partial charge in [-0.15, -0.1) is 0 Å². The molecule has 8 heteroatoms. The first-order valence-electron chi connectivity index (χ1n) is 11.6. The van der Waals surface area contributed by atoms with E-state index in [4.69, 9.17) is 5.73 Å². The summed E-state index contributed by atoms with van der Waals surface area (Å²) in [7, 11) is 0. The van der Waals surface area contributed by atoms with Gasteiger partial charge in [0.05, 0.1) is 13.1 Å². The lowest BCUT2D eigenvalue weighted by atomic mass is 9.99. The Hall–Kier alpha value is -3.26. The average Bonchev–Trinajstić information content (AvgIpc) is 2.83. The molecule has 0 unspecified atom stereocenters. The van der Waals surface area contributed by atoms with Crippen molar-refractivity contribution in [2.24, 2.45) is 11.7 Å². The van der Waals surface area contributed by atoms with Crippen LogP contribution in [0.4, 0.5) is 14.5 Å². The third kappa shape index (κ3) is 4.68. The highest BCUT2D eigenvalue weighted by Gasteiger charge is 2.26. The van der Waals surface area contributed by atoms with E-state index >= 15 is 0 Å². The standard InChI is InChI=1S/C26H30F2N4O2/c1-17-11-13-30(14-12-17)24-18(2)31(15-20-21(27)9-6-10-22(20)28)26(34)32(25(24)33)16-23(29)19-7-4-3-5-8-19/h3-10,17,23H,11-16,29H2,1-2H3/t23-/m0/s1. The second-order valence-electron chi connectivity index (χ2n) is 9.11. The quantitative estimate of drug-likeness (QED) is 0.600. The van der Waals surface area contributed by atoms with Gasteiger partial charge in [0, 0.05) is 30.4 Å². The Morgan fingerprint density at radius 1 is 0.971 bits per heavy atom. The molecule has 0 bridgehead atoms. The van der Waals surface area contributed by atoms with Gasteiger partial charge in [-0.05, 0) is 43.4 Å². The molecule has 6 nitrogen and oxygen atoms in total. The number of benzene rings is 2. The van der Waals surface area contributed by atoms with Gasteiger partial charge in [-0.25, -0.2) is 13.6 Å². The van der Waals surface area contributed by atoms with Crippen LogP contribution >= 0.6 is 0 Å². The van der Waals surface area contributed by atoms with Crippen molar-refractivity contribution in [3.8, 4) is 0 Å². The van der Waals surface area contributed by atoms with Crippen LogP contribution in [-0.2, 0) is 13.1 Å². The Balaban J connectivity index is 1.84. The molecule has 3 aromatic rings. The maximum absolute atomic E-state index is 14.5. The summed E-state index contributed by atoms with van der Waals surface area (Å²) in [4.78, 5) is 29.1. The van der Waals surface area contributed by atoms with Gasteiger partial charge < -0.3 is 10.6 Å². The van der Waals surface area contributed by atoms with Gasteiger partial charge in [0.15, 0.2) is 0 Å². The molecular formula is C26H30F2N4O2. The van der Waals surface area contributed by atoms with Crippen molar-refractivity contribution in [3.05, 3.63) is 97.8 Å². The molecule has 0 radical (unpaired) electrons. The summed E-state index contributed by atoms with van der Waals surface area (Å²) in [5, 5.41) is 0. The minimum atomic E-state index is -0.738. The maximum Gasteiger partial charge on any atom is 0.331 e. The number of anilines is 1. The summed E-state index contributed by atoms with van der Waals surface area (Å²) in [6.07, 6.45) is 1.84. The van der Waals surface area contributed by atoms with E-state index in [9.17, 15) is 18.4 Å². The molecule has 1 aromatic heterocycles. The van der Waals surface area contributed by atoms with Crippen LogP contribution in [0.1, 0.15) is 42.6 Å². The van der Waals surface area contributed by atoms with E-state index in [0.29, 0.717) is 30.4 Å². The Kier molecular flexibility index (Phi) is 6.97. The molecule has 2 aromatic carbocycles. The predicted molar refractivity (Wildman–Crippen MR) is 129 cm³/mol. The summed E-state index contributed by atoms with van der Waals surface area (Å²) < 4.78 is 31.3. The second-order valence-corrected chi connectivity index (χ2v) is 9.11. The van der Waals surface area contributed by atoms with Gasteiger partial charge in [0.2, 0.25) is 0 Å². The fraction of sp³-hybridized carbons (Fsp3) is 0.385. The summed E-state index contributed by atoms with van der Waals surface area (Å²) in [5.74, 6) is -0.930. The fourth-order valence-corrected chi connectivity index (χ4v) is 4.57. The molecule has 0 aliphatic carbocycles. The van der Waals surface area contributed by atoms with Crippen LogP contribution in [0.25, 0.3) is 0 Å². The molecule has 1 atom stereocenters. The monoisotopic (exact) mass is 468 g/mol. The normalized spacial score (nSPS) is 15.5. The van der Waals surface area contributed by atoms with E-state index in [1.807, 2.05) is 35.2 Å². The molecule has 1 saturated heterocycles. The topological polar surface area (TPSA) is 73.3 Å². The van der Waals surface area contributed by atoms with E-state index in [1.165, 1.54) is 10.6 Å². The Morgan fingerprint density at radius 3 is 2.21 bits per heavy atom. The molecular weight excluding hydrogens is 438 g/mol. The zero-order valence-corrected chi connectivity index (χ0v) is 19.5. The minimum absolute atomic E-state index is 0.0427. The Labute approximate surface area is 197 Å². The molecule has 0 amide bonds. The van der Waals surface area contributed by atoms with Crippen molar-refractivity contribution in [2.45, 2.75) is 45.8 Å². The first-order chi connectivity index (χ1) is 16.3. The minimum Gasteiger partial charge on any atom is -0.366 e. The summed E-state index contributed by atoms with van der Waals surface area (Å²) in [6, 6.07) is 12.2. The largest absolute Gasteiger partial charge is 0.366 e. The van der Waals surface area contributed by atoms with E-state index in [0.717, 1.165) is 35.1 Å². The highest BCUT2D eigenvalue weighted by Crippen LogP contribution is 2.24. The Bertz CT molecular complexity index is 1260. The van der Waals surface area contributed by atoms with Gasteiger partial charge in [0.25, 0.3) is 5.56 Å². The smallest absolute Gasteiger partial charge is 0.331 e. The number of hydrogen-bond donors (Lipinski definition) is 1. The number of rotatable bonds is 6. The molecule has 0 spiro atoms.